The van der Waals surface area contributed by atoms with Crippen LogP contribution in [0, 0.1) is 11.3 Å². The second-order valence-corrected chi connectivity index (χ2v) is 4.19. The van der Waals surface area contributed by atoms with Crippen LogP contribution in [0.25, 0.3) is 16.7 Å². The van der Waals surface area contributed by atoms with Crippen LogP contribution in [0.3, 0.4) is 0 Å². The summed E-state index contributed by atoms with van der Waals surface area (Å²) in [5.74, 6) is 0.584. The molecule has 3 heterocycles. The molecular formula is C15H12N4O. The first-order valence-electron chi connectivity index (χ1n) is 6.29. The molecule has 0 aromatic carbocycles. The summed E-state index contributed by atoms with van der Waals surface area (Å²) in [5.41, 5.74) is 2.19. The van der Waals surface area contributed by atoms with Gasteiger partial charge in [0.2, 0.25) is 5.88 Å². The fourth-order valence-corrected chi connectivity index (χ4v) is 2.09. The van der Waals surface area contributed by atoms with Crippen LogP contribution < -0.4 is 4.74 Å². The fourth-order valence-electron chi connectivity index (χ4n) is 2.09. The number of rotatable bonds is 3. The van der Waals surface area contributed by atoms with E-state index >= 15 is 0 Å². The first-order valence-corrected chi connectivity index (χ1v) is 6.29. The van der Waals surface area contributed by atoms with Crippen molar-refractivity contribution in [3.8, 4) is 17.6 Å². The number of hydrogen-bond donors (Lipinski definition) is 0. The molecule has 0 radical (unpaired) electrons. The Kier molecular flexibility index (Phi) is 3.05. The van der Waals surface area contributed by atoms with Crippen LogP contribution >= 0.6 is 0 Å². The van der Waals surface area contributed by atoms with Gasteiger partial charge in [-0.2, -0.15) is 5.26 Å². The maximum atomic E-state index is 9.18. The summed E-state index contributed by atoms with van der Waals surface area (Å²) in [6.07, 6.45) is 5.19. The zero-order chi connectivity index (χ0) is 13.9. The summed E-state index contributed by atoms with van der Waals surface area (Å²) >= 11 is 0. The van der Waals surface area contributed by atoms with Crippen LogP contribution in [-0.4, -0.2) is 21.1 Å². The van der Waals surface area contributed by atoms with Crippen molar-refractivity contribution < 1.29 is 4.74 Å². The largest absolute Gasteiger partial charge is 0.478 e. The third-order valence-corrected chi connectivity index (χ3v) is 2.97. The molecule has 0 aliphatic carbocycles. The van der Waals surface area contributed by atoms with E-state index in [4.69, 9.17) is 4.74 Å². The fraction of sp³-hybridized carbons (Fsp3) is 0.133. The van der Waals surface area contributed by atoms with E-state index in [0.29, 0.717) is 18.1 Å². The maximum absolute atomic E-state index is 9.18. The summed E-state index contributed by atoms with van der Waals surface area (Å²) in [4.78, 5) is 8.57. The van der Waals surface area contributed by atoms with Gasteiger partial charge in [0.25, 0.3) is 0 Å². The summed E-state index contributed by atoms with van der Waals surface area (Å²) in [6.45, 7) is 2.50. The van der Waals surface area contributed by atoms with E-state index in [1.54, 1.807) is 24.7 Å². The van der Waals surface area contributed by atoms with E-state index in [0.717, 1.165) is 16.7 Å². The molecule has 0 bridgehead atoms. The lowest BCUT2D eigenvalue weighted by atomic mass is 10.2. The molecule has 3 aromatic rings. The lowest BCUT2D eigenvalue weighted by Crippen LogP contribution is -1.97. The molecule has 0 aliphatic rings. The Morgan fingerprint density at radius 2 is 2.20 bits per heavy atom. The van der Waals surface area contributed by atoms with Gasteiger partial charge < -0.3 is 4.74 Å². The Bertz CT molecular complexity index is 784. The molecular weight excluding hydrogens is 252 g/mol. The third-order valence-electron chi connectivity index (χ3n) is 2.97. The van der Waals surface area contributed by atoms with Crippen LogP contribution in [0.15, 0.2) is 42.9 Å². The van der Waals surface area contributed by atoms with E-state index in [9.17, 15) is 5.26 Å². The monoisotopic (exact) mass is 264 g/mol. The molecule has 5 nitrogen and oxygen atoms in total. The summed E-state index contributed by atoms with van der Waals surface area (Å²) in [7, 11) is 0. The van der Waals surface area contributed by atoms with Gasteiger partial charge in [-0.3, -0.25) is 4.57 Å². The number of pyridine rings is 2. The van der Waals surface area contributed by atoms with Crippen molar-refractivity contribution in [1.29, 1.82) is 5.26 Å². The lowest BCUT2D eigenvalue weighted by Gasteiger charge is -2.05. The second-order valence-electron chi connectivity index (χ2n) is 4.19. The second kappa shape index (κ2) is 5.02. The quantitative estimate of drug-likeness (QED) is 0.729. The van der Waals surface area contributed by atoms with Gasteiger partial charge in [-0.25, -0.2) is 9.97 Å². The van der Waals surface area contributed by atoms with Gasteiger partial charge in [0, 0.05) is 23.8 Å². The van der Waals surface area contributed by atoms with Gasteiger partial charge in [0.1, 0.15) is 11.7 Å². The van der Waals surface area contributed by atoms with Gasteiger partial charge in [-0.15, -0.1) is 0 Å². The number of nitriles is 1. The Morgan fingerprint density at radius 1 is 1.30 bits per heavy atom. The standard InChI is InChI=1S/C15H12N4O/c1-2-20-14-6-5-12(9-18-14)19-10-11(8-16)13-4-3-7-17-15(13)19/h3-7,9-10H,2H2,1H3. The van der Waals surface area contributed by atoms with Crippen molar-refractivity contribution in [2.24, 2.45) is 0 Å². The molecule has 0 aliphatic heterocycles. The van der Waals surface area contributed by atoms with Crippen molar-refractivity contribution in [2.45, 2.75) is 6.92 Å². The molecule has 0 atom stereocenters. The van der Waals surface area contributed by atoms with Gasteiger partial charge in [0.05, 0.1) is 24.1 Å². The Morgan fingerprint density at radius 3 is 2.90 bits per heavy atom. The topological polar surface area (TPSA) is 63.7 Å². The zero-order valence-corrected chi connectivity index (χ0v) is 10.9. The molecule has 0 saturated heterocycles. The molecule has 0 fully saturated rings. The smallest absolute Gasteiger partial charge is 0.213 e. The maximum Gasteiger partial charge on any atom is 0.213 e. The predicted octanol–water partition coefficient (Wildman–Crippen LogP) is 2.69. The van der Waals surface area contributed by atoms with Gasteiger partial charge in [-0.05, 0) is 25.1 Å². The number of aromatic nitrogens is 3. The summed E-state index contributed by atoms with van der Waals surface area (Å²) < 4.78 is 7.18. The van der Waals surface area contributed by atoms with Crippen molar-refractivity contribution in [3.63, 3.8) is 0 Å². The van der Waals surface area contributed by atoms with E-state index in [2.05, 4.69) is 16.0 Å². The minimum Gasteiger partial charge on any atom is -0.478 e. The highest BCUT2D eigenvalue weighted by Crippen LogP contribution is 2.22. The van der Waals surface area contributed by atoms with Crippen LogP contribution in [-0.2, 0) is 0 Å². The third kappa shape index (κ3) is 1.97. The molecule has 0 saturated carbocycles. The summed E-state index contributed by atoms with van der Waals surface area (Å²) in [6, 6.07) is 9.60. The first-order chi connectivity index (χ1) is 9.83. The van der Waals surface area contributed by atoms with Crippen molar-refractivity contribution in [1.82, 2.24) is 14.5 Å². The SMILES string of the molecule is CCOc1ccc(-n2cc(C#N)c3cccnc32)cn1. The van der Waals surface area contributed by atoms with Crippen LogP contribution in [0.2, 0.25) is 0 Å². The van der Waals surface area contributed by atoms with Crippen LogP contribution in [0.4, 0.5) is 0 Å². The average molecular weight is 264 g/mol. The molecule has 0 amide bonds. The van der Waals surface area contributed by atoms with E-state index in [1.807, 2.05) is 29.7 Å². The number of hydrogen-bond acceptors (Lipinski definition) is 4. The van der Waals surface area contributed by atoms with Gasteiger partial charge in [0.15, 0.2) is 0 Å². The highest BCUT2D eigenvalue weighted by atomic mass is 16.5. The van der Waals surface area contributed by atoms with E-state index in [-0.39, 0.29) is 0 Å². The predicted molar refractivity (Wildman–Crippen MR) is 74.7 cm³/mol. The van der Waals surface area contributed by atoms with Crippen LogP contribution in [0.1, 0.15) is 12.5 Å². The minimum absolute atomic E-state index is 0.582. The van der Waals surface area contributed by atoms with Crippen molar-refractivity contribution in [3.05, 3.63) is 48.4 Å². The van der Waals surface area contributed by atoms with E-state index < -0.39 is 0 Å². The first kappa shape index (κ1) is 12.2. The minimum atomic E-state index is 0.582. The Labute approximate surface area is 116 Å². The van der Waals surface area contributed by atoms with Crippen molar-refractivity contribution in [2.75, 3.05) is 6.61 Å². The molecule has 3 rings (SSSR count). The lowest BCUT2D eigenvalue weighted by molar-refractivity contribution is 0.327. The molecule has 98 valence electrons. The summed E-state index contributed by atoms with van der Waals surface area (Å²) in [5, 5.41) is 10.0. The highest BCUT2D eigenvalue weighted by Gasteiger charge is 2.10. The molecule has 0 unspecified atom stereocenters. The number of nitrogens with zero attached hydrogens (tertiary/aromatic N) is 4. The van der Waals surface area contributed by atoms with Crippen LogP contribution in [0.5, 0.6) is 5.88 Å². The van der Waals surface area contributed by atoms with E-state index in [1.165, 1.54) is 0 Å². The van der Waals surface area contributed by atoms with Gasteiger partial charge >= 0.3 is 0 Å². The normalized spacial score (nSPS) is 10.4. The van der Waals surface area contributed by atoms with Crippen molar-refractivity contribution >= 4 is 11.0 Å². The zero-order valence-electron chi connectivity index (χ0n) is 10.9. The Hall–Kier alpha value is -2.87. The van der Waals surface area contributed by atoms with Gasteiger partial charge in [-0.1, -0.05) is 0 Å². The average Bonchev–Trinajstić information content (AvgIpc) is 2.87. The molecule has 3 aromatic heterocycles. The molecule has 20 heavy (non-hydrogen) atoms. The Balaban J connectivity index is 2.12. The molecule has 5 heteroatoms. The highest BCUT2D eigenvalue weighted by molar-refractivity contribution is 5.84. The number of ether oxygens (including phenoxy) is 1. The number of fused-ring (bicyclic) bond motifs is 1. The molecule has 0 N–H and O–H groups in total. The molecule has 0 spiro atoms.